The molecule has 1 aromatic carbocycles. The van der Waals surface area contributed by atoms with Crippen LogP contribution >= 0.6 is 0 Å². The number of aryl methyl sites for hydroxylation is 1. The number of hydrogen-bond acceptors (Lipinski definition) is 2. The van der Waals surface area contributed by atoms with Crippen LogP contribution in [0.2, 0.25) is 0 Å². The van der Waals surface area contributed by atoms with E-state index in [2.05, 4.69) is 66.7 Å². The number of guanidine groups is 1. The summed E-state index contributed by atoms with van der Waals surface area (Å²) in [7, 11) is 0. The molecule has 0 spiro atoms. The zero-order valence-electron chi connectivity index (χ0n) is 14.9. The molecule has 2 rings (SSSR count). The second-order valence-corrected chi connectivity index (χ2v) is 6.01. The third kappa shape index (κ3) is 5.69. The highest BCUT2D eigenvalue weighted by Crippen LogP contribution is 2.14. The monoisotopic (exact) mass is 324 g/mol. The first kappa shape index (κ1) is 18.0. The van der Waals surface area contributed by atoms with Gasteiger partial charge in [0.2, 0.25) is 0 Å². The summed E-state index contributed by atoms with van der Waals surface area (Å²) in [6.45, 7) is 8.89. The minimum atomic E-state index is 0.407. The van der Waals surface area contributed by atoms with Gasteiger partial charge in [-0.15, -0.1) is 0 Å². The van der Waals surface area contributed by atoms with Crippen LogP contribution in [-0.2, 0) is 6.42 Å². The average molecular weight is 324 g/mol. The molecule has 4 heteroatoms. The van der Waals surface area contributed by atoms with Crippen molar-refractivity contribution in [2.75, 3.05) is 19.6 Å². The van der Waals surface area contributed by atoms with Crippen molar-refractivity contribution in [3.05, 3.63) is 65.5 Å². The first-order chi connectivity index (χ1) is 11.7. The average Bonchev–Trinajstić information content (AvgIpc) is 2.61. The van der Waals surface area contributed by atoms with E-state index < -0.39 is 0 Å². The smallest absolute Gasteiger partial charge is 0.191 e. The van der Waals surface area contributed by atoms with Crippen molar-refractivity contribution < 1.29 is 0 Å². The maximum atomic E-state index is 4.73. The predicted octanol–water partition coefficient (Wildman–Crippen LogP) is 3.29. The number of aliphatic imine (C=N–C) groups is 1. The lowest BCUT2D eigenvalue weighted by Gasteiger charge is -2.14. The molecule has 0 saturated carbocycles. The van der Waals surface area contributed by atoms with Gasteiger partial charge in [-0.2, -0.15) is 0 Å². The van der Waals surface area contributed by atoms with E-state index >= 15 is 0 Å². The predicted molar refractivity (Wildman–Crippen MR) is 102 cm³/mol. The lowest BCUT2D eigenvalue weighted by atomic mass is 10.0. The number of nitrogens with zero attached hydrogens (tertiary/aromatic N) is 2. The highest BCUT2D eigenvalue weighted by molar-refractivity contribution is 5.79. The van der Waals surface area contributed by atoms with Gasteiger partial charge in [0.25, 0.3) is 0 Å². The topological polar surface area (TPSA) is 49.3 Å². The Kier molecular flexibility index (Phi) is 7.27. The number of aromatic nitrogens is 1. The quantitative estimate of drug-likeness (QED) is 0.607. The Morgan fingerprint density at radius 3 is 2.67 bits per heavy atom. The van der Waals surface area contributed by atoms with E-state index in [0.29, 0.717) is 5.92 Å². The lowest BCUT2D eigenvalue weighted by molar-refractivity contribution is 0.745. The van der Waals surface area contributed by atoms with Gasteiger partial charge < -0.3 is 10.6 Å². The molecule has 0 amide bonds. The van der Waals surface area contributed by atoms with Gasteiger partial charge in [-0.3, -0.25) is 9.98 Å². The summed E-state index contributed by atoms with van der Waals surface area (Å²) in [5.74, 6) is 1.29. The third-order valence-electron chi connectivity index (χ3n) is 4.06. The molecule has 0 radical (unpaired) electrons. The molecule has 0 aliphatic carbocycles. The highest BCUT2D eigenvalue weighted by Gasteiger charge is 2.05. The zero-order chi connectivity index (χ0) is 17.2. The fourth-order valence-electron chi connectivity index (χ4n) is 2.56. The zero-order valence-corrected chi connectivity index (χ0v) is 14.9. The number of hydrogen-bond donors (Lipinski definition) is 2. The van der Waals surface area contributed by atoms with E-state index in [1.165, 1.54) is 16.7 Å². The summed E-state index contributed by atoms with van der Waals surface area (Å²) in [5, 5.41) is 6.74. The molecule has 0 aliphatic heterocycles. The van der Waals surface area contributed by atoms with Gasteiger partial charge in [0, 0.05) is 37.9 Å². The third-order valence-corrected chi connectivity index (χ3v) is 4.06. The SMILES string of the molecule is CCNC(=NCC(C)c1ccccc1)NCCc1ccncc1C. The number of pyridine rings is 1. The summed E-state index contributed by atoms with van der Waals surface area (Å²) in [4.78, 5) is 8.86. The van der Waals surface area contributed by atoms with Crippen molar-refractivity contribution >= 4 is 5.96 Å². The first-order valence-corrected chi connectivity index (χ1v) is 8.67. The summed E-state index contributed by atoms with van der Waals surface area (Å²) in [6, 6.07) is 12.6. The summed E-state index contributed by atoms with van der Waals surface area (Å²) >= 11 is 0. The molecule has 0 bridgehead atoms. The number of benzene rings is 1. The van der Waals surface area contributed by atoms with Crippen LogP contribution in [0.3, 0.4) is 0 Å². The molecule has 24 heavy (non-hydrogen) atoms. The Morgan fingerprint density at radius 1 is 1.17 bits per heavy atom. The molecule has 0 fully saturated rings. The lowest BCUT2D eigenvalue weighted by Crippen LogP contribution is -2.38. The minimum Gasteiger partial charge on any atom is -0.357 e. The van der Waals surface area contributed by atoms with Crippen LogP contribution in [0.1, 0.15) is 36.5 Å². The standard InChI is InChI=1S/C20H28N4/c1-4-22-20(23-13-11-19-10-12-21-14-16(19)2)24-15-17(3)18-8-6-5-7-9-18/h5-10,12,14,17H,4,11,13,15H2,1-3H3,(H2,22,23,24). The molecule has 2 N–H and O–H groups in total. The van der Waals surface area contributed by atoms with Crippen LogP contribution in [0.25, 0.3) is 0 Å². The minimum absolute atomic E-state index is 0.407. The highest BCUT2D eigenvalue weighted by atomic mass is 15.2. The largest absolute Gasteiger partial charge is 0.357 e. The van der Waals surface area contributed by atoms with E-state index in [4.69, 9.17) is 4.99 Å². The van der Waals surface area contributed by atoms with Crippen molar-refractivity contribution in [3.8, 4) is 0 Å². The molecular weight excluding hydrogens is 296 g/mol. The molecule has 1 atom stereocenters. The molecule has 0 aliphatic rings. The Hall–Kier alpha value is -2.36. The molecule has 4 nitrogen and oxygen atoms in total. The number of nitrogens with one attached hydrogen (secondary N) is 2. The van der Waals surface area contributed by atoms with Gasteiger partial charge in [0.15, 0.2) is 5.96 Å². The molecule has 1 aromatic heterocycles. The molecular formula is C20H28N4. The van der Waals surface area contributed by atoms with Crippen LogP contribution in [0.4, 0.5) is 0 Å². The Morgan fingerprint density at radius 2 is 1.96 bits per heavy atom. The van der Waals surface area contributed by atoms with Gasteiger partial charge in [0.05, 0.1) is 0 Å². The summed E-state index contributed by atoms with van der Waals surface area (Å²) < 4.78 is 0. The van der Waals surface area contributed by atoms with Crippen LogP contribution in [0, 0.1) is 6.92 Å². The molecule has 0 saturated heterocycles. The Balaban J connectivity index is 1.87. The molecule has 128 valence electrons. The molecule has 2 aromatic rings. The second kappa shape index (κ2) is 9.71. The van der Waals surface area contributed by atoms with Crippen molar-refractivity contribution in [1.29, 1.82) is 0 Å². The van der Waals surface area contributed by atoms with Gasteiger partial charge in [0.1, 0.15) is 0 Å². The first-order valence-electron chi connectivity index (χ1n) is 8.67. The van der Waals surface area contributed by atoms with Crippen LogP contribution in [0.5, 0.6) is 0 Å². The summed E-state index contributed by atoms with van der Waals surface area (Å²) in [5.41, 5.74) is 3.88. The van der Waals surface area contributed by atoms with Crippen molar-refractivity contribution in [3.63, 3.8) is 0 Å². The Bertz CT molecular complexity index is 637. The normalized spacial score (nSPS) is 12.7. The fraction of sp³-hybridized carbons (Fsp3) is 0.400. The van der Waals surface area contributed by atoms with Gasteiger partial charge in [-0.1, -0.05) is 37.3 Å². The van der Waals surface area contributed by atoms with Crippen LogP contribution in [0.15, 0.2) is 53.8 Å². The van der Waals surface area contributed by atoms with E-state index in [1.54, 1.807) is 0 Å². The Labute approximate surface area is 145 Å². The van der Waals surface area contributed by atoms with Gasteiger partial charge in [-0.25, -0.2) is 0 Å². The van der Waals surface area contributed by atoms with E-state index in [0.717, 1.165) is 32.0 Å². The van der Waals surface area contributed by atoms with E-state index in [9.17, 15) is 0 Å². The van der Waals surface area contributed by atoms with Crippen molar-refractivity contribution in [2.45, 2.75) is 33.1 Å². The summed E-state index contributed by atoms with van der Waals surface area (Å²) in [6.07, 6.45) is 4.73. The van der Waals surface area contributed by atoms with Gasteiger partial charge >= 0.3 is 0 Å². The van der Waals surface area contributed by atoms with Crippen LogP contribution in [-0.4, -0.2) is 30.6 Å². The van der Waals surface area contributed by atoms with Gasteiger partial charge in [-0.05, 0) is 43.0 Å². The fourth-order valence-corrected chi connectivity index (χ4v) is 2.56. The van der Waals surface area contributed by atoms with E-state index in [1.807, 2.05) is 18.5 Å². The van der Waals surface area contributed by atoms with E-state index in [-0.39, 0.29) is 0 Å². The van der Waals surface area contributed by atoms with Crippen molar-refractivity contribution in [1.82, 2.24) is 15.6 Å². The second-order valence-electron chi connectivity index (χ2n) is 6.01. The maximum Gasteiger partial charge on any atom is 0.191 e. The van der Waals surface area contributed by atoms with Crippen LogP contribution < -0.4 is 10.6 Å². The maximum absolute atomic E-state index is 4.73. The molecule has 1 heterocycles. The molecule has 1 unspecified atom stereocenters. The number of rotatable bonds is 7. The van der Waals surface area contributed by atoms with Crippen molar-refractivity contribution in [2.24, 2.45) is 4.99 Å².